The third-order valence-electron chi connectivity index (χ3n) is 5.63. The summed E-state index contributed by atoms with van der Waals surface area (Å²) in [6, 6.07) is 12.7. The van der Waals surface area contributed by atoms with Crippen molar-refractivity contribution >= 4 is 33.1 Å². The maximum atomic E-state index is 13.0. The van der Waals surface area contributed by atoms with Gasteiger partial charge in [-0.1, -0.05) is 24.3 Å². The van der Waals surface area contributed by atoms with E-state index in [-0.39, 0.29) is 11.9 Å². The highest BCUT2D eigenvalue weighted by Crippen LogP contribution is 2.40. The maximum Gasteiger partial charge on any atom is 0.261 e. The molecule has 30 heavy (non-hydrogen) atoms. The molecule has 0 radical (unpaired) electrons. The van der Waals surface area contributed by atoms with Gasteiger partial charge >= 0.3 is 0 Å². The molecular formula is C24H30N4OS. The topological polar surface area (TPSA) is 48.5 Å². The Morgan fingerprint density at radius 3 is 2.83 bits per heavy atom. The number of fused-ring (bicyclic) bond motifs is 1. The number of benzene rings is 1. The zero-order valence-corrected chi connectivity index (χ0v) is 19.0. The Morgan fingerprint density at radius 1 is 1.27 bits per heavy atom. The van der Waals surface area contributed by atoms with Crippen LogP contribution in [0.15, 0.2) is 42.6 Å². The number of aromatic nitrogens is 1. The van der Waals surface area contributed by atoms with E-state index in [9.17, 15) is 4.79 Å². The fourth-order valence-corrected chi connectivity index (χ4v) is 5.57. The molecule has 0 spiro atoms. The molecule has 0 bridgehead atoms. The standard InChI is InChI=1S/C24H30N4OS/c1-16(2)26-24(29)22-21(19-9-5-6-10-20(19)30-22)17-11-13-28(14-17)15-18-8-7-12-25-23(18)27(3)4/h5-10,12,16-17H,11,13-15H2,1-4H3,(H,26,29). The number of nitrogens with zero attached hydrogens (tertiary/aromatic N) is 3. The van der Waals surface area contributed by atoms with Gasteiger partial charge in [-0.05, 0) is 49.9 Å². The van der Waals surface area contributed by atoms with Gasteiger partial charge < -0.3 is 10.2 Å². The lowest BCUT2D eigenvalue weighted by Gasteiger charge is -2.21. The van der Waals surface area contributed by atoms with Crippen molar-refractivity contribution in [2.75, 3.05) is 32.1 Å². The first-order valence-corrected chi connectivity index (χ1v) is 11.4. The number of likely N-dealkylation sites (tertiary alicyclic amines) is 1. The van der Waals surface area contributed by atoms with E-state index in [1.165, 1.54) is 21.2 Å². The number of hydrogen-bond acceptors (Lipinski definition) is 5. The fourth-order valence-electron chi connectivity index (χ4n) is 4.38. The van der Waals surface area contributed by atoms with Crippen molar-refractivity contribution in [1.82, 2.24) is 15.2 Å². The van der Waals surface area contributed by atoms with Crippen LogP contribution in [0.5, 0.6) is 0 Å². The lowest BCUT2D eigenvalue weighted by Crippen LogP contribution is -2.30. The predicted molar refractivity (Wildman–Crippen MR) is 126 cm³/mol. The highest BCUT2D eigenvalue weighted by Gasteiger charge is 2.31. The Labute approximate surface area is 182 Å². The summed E-state index contributed by atoms with van der Waals surface area (Å²) in [7, 11) is 4.07. The summed E-state index contributed by atoms with van der Waals surface area (Å²) in [6.07, 6.45) is 2.92. The van der Waals surface area contributed by atoms with E-state index in [1.54, 1.807) is 11.3 Å². The average molecular weight is 423 g/mol. The van der Waals surface area contributed by atoms with Crippen molar-refractivity contribution < 1.29 is 4.79 Å². The minimum atomic E-state index is 0.0572. The lowest BCUT2D eigenvalue weighted by molar-refractivity contribution is 0.0946. The van der Waals surface area contributed by atoms with Crippen LogP contribution < -0.4 is 10.2 Å². The molecule has 4 rings (SSSR count). The van der Waals surface area contributed by atoms with Crippen LogP contribution in [0.4, 0.5) is 5.82 Å². The Balaban J connectivity index is 1.60. The number of thiophene rings is 1. The largest absolute Gasteiger partial charge is 0.362 e. The molecule has 2 aromatic heterocycles. The zero-order chi connectivity index (χ0) is 21.3. The van der Waals surface area contributed by atoms with E-state index < -0.39 is 0 Å². The first kappa shape index (κ1) is 20.8. The van der Waals surface area contributed by atoms with Crippen LogP contribution in [0.2, 0.25) is 0 Å². The van der Waals surface area contributed by atoms with Crippen LogP contribution in [0.1, 0.15) is 47.0 Å². The molecule has 3 aromatic rings. The number of rotatable bonds is 6. The minimum absolute atomic E-state index is 0.0572. The molecule has 5 nitrogen and oxygen atoms in total. The van der Waals surface area contributed by atoms with Gasteiger partial charge in [-0.15, -0.1) is 11.3 Å². The van der Waals surface area contributed by atoms with Gasteiger partial charge in [-0.3, -0.25) is 9.69 Å². The van der Waals surface area contributed by atoms with Gasteiger partial charge in [-0.25, -0.2) is 4.98 Å². The maximum absolute atomic E-state index is 13.0. The Hall–Kier alpha value is -2.44. The average Bonchev–Trinajstić information content (AvgIpc) is 3.31. The smallest absolute Gasteiger partial charge is 0.261 e. The van der Waals surface area contributed by atoms with Crippen LogP contribution in [0, 0.1) is 0 Å². The summed E-state index contributed by atoms with van der Waals surface area (Å²) in [6.45, 7) is 6.90. The summed E-state index contributed by atoms with van der Waals surface area (Å²) in [4.78, 5) is 23.0. The normalized spacial score (nSPS) is 17.0. The van der Waals surface area contributed by atoms with Crippen LogP contribution in [-0.2, 0) is 6.54 Å². The molecule has 1 amide bonds. The molecule has 1 N–H and O–H groups in total. The van der Waals surface area contributed by atoms with E-state index in [1.807, 2.05) is 40.2 Å². The molecule has 1 fully saturated rings. The van der Waals surface area contributed by atoms with Gasteiger partial charge in [0.25, 0.3) is 5.91 Å². The van der Waals surface area contributed by atoms with E-state index in [0.717, 1.165) is 36.8 Å². The molecule has 1 atom stereocenters. The third-order valence-corrected chi connectivity index (χ3v) is 6.81. The molecule has 1 unspecified atom stereocenters. The van der Waals surface area contributed by atoms with E-state index in [4.69, 9.17) is 0 Å². The molecule has 0 aliphatic carbocycles. The Kier molecular flexibility index (Phi) is 6.06. The number of amides is 1. The van der Waals surface area contributed by atoms with Gasteiger partial charge in [0.05, 0.1) is 4.88 Å². The predicted octanol–water partition coefficient (Wildman–Crippen LogP) is 4.49. The molecule has 1 aliphatic heterocycles. The van der Waals surface area contributed by atoms with Crippen molar-refractivity contribution in [3.8, 4) is 0 Å². The van der Waals surface area contributed by atoms with Crippen LogP contribution in [0.25, 0.3) is 10.1 Å². The highest BCUT2D eigenvalue weighted by atomic mass is 32.1. The molecule has 1 saturated heterocycles. The van der Waals surface area contributed by atoms with Gasteiger partial charge in [0, 0.05) is 55.6 Å². The molecule has 158 valence electrons. The third kappa shape index (κ3) is 4.20. The summed E-state index contributed by atoms with van der Waals surface area (Å²) in [5, 5.41) is 4.33. The number of anilines is 1. The quantitative estimate of drug-likeness (QED) is 0.636. The number of nitrogens with one attached hydrogen (secondary N) is 1. The number of carbonyl (C=O) groups excluding carboxylic acids is 1. The van der Waals surface area contributed by atoms with E-state index in [0.29, 0.717) is 5.92 Å². The lowest BCUT2D eigenvalue weighted by atomic mass is 9.95. The summed E-state index contributed by atoms with van der Waals surface area (Å²) >= 11 is 1.63. The van der Waals surface area contributed by atoms with Crippen molar-refractivity contribution in [3.05, 3.63) is 58.6 Å². The fraction of sp³-hybridized carbons (Fsp3) is 0.417. The monoisotopic (exact) mass is 422 g/mol. The molecule has 0 saturated carbocycles. The SMILES string of the molecule is CC(C)NC(=O)c1sc2ccccc2c1C1CCN(Cc2cccnc2N(C)C)C1. The number of pyridine rings is 1. The van der Waals surface area contributed by atoms with Gasteiger partial charge in [0.2, 0.25) is 0 Å². The van der Waals surface area contributed by atoms with Crippen molar-refractivity contribution in [2.24, 2.45) is 0 Å². The van der Waals surface area contributed by atoms with Crippen LogP contribution >= 0.6 is 11.3 Å². The second-order valence-electron chi connectivity index (χ2n) is 8.57. The first-order valence-electron chi connectivity index (χ1n) is 10.6. The highest BCUT2D eigenvalue weighted by molar-refractivity contribution is 7.21. The van der Waals surface area contributed by atoms with Crippen LogP contribution in [-0.4, -0.2) is 49.0 Å². The first-order chi connectivity index (χ1) is 14.4. The van der Waals surface area contributed by atoms with Gasteiger partial charge in [0.15, 0.2) is 0 Å². The van der Waals surface area contributed by atoms with Crippen molar-refractivity contribution in [2.45, 2.75) is 38.8 Å². The second-order valence-corrected chi connectivity index (χ2v) is 9.62. The summed E-state index contributed by atoms with van der Waals surface area (Å²) in [5.74, 6) is 1.45. The molecule has 6 heteroatoms. The van der Waals surface area contributed by atoms with Crippen molar-refractivity contribution in [1.29, 1.82) is 0 Å². The number of hydrogen-bond donors (Lipinski definition) is 1. The second kappa shape index (κ2) is 8.74. The van der Waals surface area contributed by atoms with Crippen LogP contribution in [0.3, 0.4) is 0 Å². The summed E-state index contributed by atoms with van der Waals surface area (Å²) < 4.78 is 1.20. The van der Waals surface area contributed by atoms with E-state index >= 15 is 0 Å². The van der Waals surface area contributed by atoms with Crippen molar-refractivity contribution in [3.63, 3.8) is 0 Å². The van der Waals surface area contributed by atoms with Gasteiger partial charge in [0.1, 0.15) is 5.82 Å². The molecular weight excluding hydrogens is 392 g/mol. The summed E-state index contributed by atoms with van der Waals surface area (Å²) in [5.41, 5.74) is 2.48. The van der Waals surface area contributed by atoms with Gasteiger partial charge in [-0.2, -0.15) is 0 Å². The Bertz CT molecular complexity index is 1040. The number of carbonyl (C=O) groups is 1. The molecule has 1 aromatic carbocycles. The molecule has 3 heterocycles. The molecule has 1 aliphatic rings. The van der Waals surface area contributed by atoms with E-state index in [2.05, 4.69) is 50.4 Å². The minimum Gasteiger partial charge on any atom is -0.362 e. The zero-order valence-electron chi connectivity index (χ0n) is 18.2. The Morgan fingerprint density at radius 2 is 2.07 bits per heavy atom.